The number of hydrogen-bond acceptors (Lipinski definition) is 3. The first-order valence-corrected chi connectivity index (χ1v) is 5.84. The molecule has 0 spiro atoms. The lowest BCUT2D eigenvalue weighted by molar-refractivity contribution is 0.665. The van der Waals surface area contributed by atoms with Crippen LogP contribution in [-0.2, 0) is 13.1 Å². The molecule has 1 N–H and O–H groups in total. The largest absolute Gasteiger partial charge is 0.328 e. The number of imidazole rings is 1. The second-order valence-electron chi connectivity index (χ2n) is 3.47. The minimum Gasteiger partial charge on any atom is -0.328 e. The van der Waals surface area contributed by atoms with E-state index in [1.807, 2.05) is 37.8 Å². The van der Waals surface area contributed by atoms with Crippen LogP contribution < -0.4 is 5.32 Å². The van der Waals surface area contributed by atoms with Gasteiger partial charge >= 0.3 is 0 Å². The number of aromatic nitrogens is 3. The predicted molar refractivity (Wildman–Crippen MR) is 66.0 cm³/mol. The van der Waals surface area contributed by atoms with Crippen molar-refractivity contribution in [3.63, 3.8) is 0 Å². The first kappa shape index (κ1) is 11.3. The minimum absolute atomic E-state index is 0.754. The Hall–Kier alpha value is -1.20. The zero-order valence-electron chi connectivity index (χ0n) is 9.02. The van der Waals surface area contributed by atoms with Crippen LogP contribution in [0.5, 0.6) is 0 Å². The van der Waals surface area contributed by atoms with Gasteiger partial charge in [-0.05, 0) is 35.1 Å². The van der Waals surface area contributed by atoms with Gasteiger partial charge in [0.1, 0.15) is 5.82 Å². The maximum atomic E-state index is 4.34. The average molecular weight is 281 g/mol. The van der Waals surface area contributed by atoms with Crippen molar-refractivity contribution in [1.82, 2.24) is 19.9 Å². The molecular formula is C11H13BrN4. The molecule has 0 saturated carbocycles. The van der Waals surface area contributed by atoms with Gasteiger partial charge in [0.15, 0.2) is 0 Å². The summed E-state index contributed by atoms with van der Waals surface area (Å²) < 4.78 is 3.09. The van der Waals surface area contributed by atoms with E-state index >= 15 is 0 Å². The van der Waals surface area contributed by atoms with Gasteiger partial charge in [0, 0.05) is 23.1 Å². The van der Waals surface area contributed by atoms with Gasteiger partial charge in [0.05, 0.1) is 18.8 Å². The SMILES string of the molecule is CNCc1nccn1Cc1ccc(Br)cn1. The molecule has 5 heteroatoms. The maximum absolute atomic E-state index is 4.34. The maximum Gasteiger partial charge on any atom is 0.123 e. The van der Waals surface area contributed by atoms with Gasteiger partial charge in [-0.3, -0.25) is 4.98 Å². The summed E-state index contributed by atoms with van der Waals surface area (Å²) in [6, 6.07) is 4.00. The van der Waals surface area contributed by atoms with Crippen molar-refractivity contribution in [2.75, 3.05) is 7.05 Å². The highest BCUT2D eigenvalue weighted by Gasteiger charge is 2.02. The molecule has 0 saturated heterocycles. The zero-order chi connectivity index (χ0) is 11.4. The van der Waals surface area contributed by atoms with Crippen LogP contribution >= 0.6 is 15.9 Å². The van der Waals surface area contributed by atoms with Crippen LogP contribution in [0.4, 0.5) is 0 Å². The van der Waals surface area contributed by atoms with Crippen molar-refractivity contribution in [3.8, 4) is 0 Å². The highest BCUT2D eigenvalue weighted by Crippen LogP contribution is 2.09. The molecule has 0 unspecified atom stereocenters. The van der Waals surface area contributed by atoms with E-state index in [1.165, 1.54) is 0 Å². The molecule has 2 rings (SSSR count). The van der Waals surface area contributed by atoms with Gasteiger partial charge < -0.3 is 9.88 Å². The van der Waals surface area contributed by atoms with Crippen LogP contribution in [0.15, 0.2) is 35.2 Å². The van der Waals surface area contributed by atoms with E-state index in [0.717, 1.165) is 29.1 Å². The third-order valence-electron chi connectivity index (χ3n) is 2.26. The molecule has 0 radical (unpaired) electrons. The Balaban J connectivity index is 2.13. The van der Waals surface area contributed by atoms with E-state index in [4.69, 9.17) is 0 Å². The molecule has 2 aromatic heterocycles. The lowest BCUT2D eigenvalue weighted by Crippen LogP contribution is -2.13. The summed E-state index contributed by atoms with van der Waals surface area (Å²) in [6.07, 6.45) is 5.59. The monoisotopic (exact) mass is 280 g/mol. The van der Waals surface area contributed by atoms with Crippen LogP contribution in [0, 0.1) is 0 Å². The standard InChI is InChI=1S/C11H13BrN4/c1-13-7-11-14-4-5-16(11)8-10-3-2-9(12)6-15-10/h2-6,13H,7-8H2,1H3. The molecule has 0 atom stereocenters. The summed E-state index contributed by atoms with van der Waals surface area (Å²) >= 11 is 3.37. The average Bonchev–Trinajstić information content (AvgIpc) is 2.70. The van der Waals surface area contributed by atoms with Gasteiger partial charge in [-0.25, -0.2) is 4.98 Å². The molecular weight excluding hydrogens is 268 g/mol. The fraction of sp³-hybridized carbons (Fsp3) is 0.273. The minimum atomic E-state index is 0.754. The van der Waals surface area contributed by atoms with Crippen molar-refractivity contribution in [2.45, 2.75) is 13.1 Å². The van der Waals surface area contributed by atoms with Crippen LogP contribution in [0.25, 0.3) is 0 Å². The number of hydrogen-bond donors (Lipinski definition) is 1. The molecule has 0 aromatic carbocycles. The van der Waals surface area contributed by atoms with Crippen molar-refractivity contribution < 1.29 is 0 Å². The molecule has 2 aromatic rings. The van der Waals surface area contributed by atoms with Crippen molar-refractivity contribution in [2.24, 2.45) is 0 Å². The Kier molecular flexibility index (Phi) is 3.69. The first-order valence-electron chi connectivity index (χ1n) is 5.04. The molecule has 4 nitrogen and oxygen atoms in total. The fourth-order valence-electron chi connectivity index (χ4n) is 1.48. The number of halogens is 1. The molecule has 0 amide bonds. The Morgan fingerprint density at radius 1 is 1.38 bits per heavy atom. The third-order valence-corrected chi connectivity index (χ3v) is 2.73. The van der Waals surface area contributed by atoms with Crippen molar-refractivity contribution >= 4 is 15.9 Å². The van der Waals surface area contributed by atoms with E-state index in [1.54, 1.807) is 0 Å². The number of nitrogens with one attached hydrogen (secondary N) is 1. The lowest BCUT2D eigenvalue weighted by Gasteiger charge is -2.06. The Labute approximate surface area is 103 Å². The number of rotatable bonds is 4. The number of pyridine rings is 1. The molecule has 16 heavy (non-hydrogen) atoms. The van der Waals surface area contributed by atoms with Gasteiger partial charge in [-0.1, -0.05) is 0 Å². The number of nitrogens with zero attached hydrogens (tertiary/aromatic N) is 3. The summed E-state index contributed by atoms with van der Waals surface area (Å²) in [6.45, 7) is 1.52. The van der Waals surface area contributed by atoms with Gasteiger partial charge in [-0.2, -0.15) is 0 Å². The summed E-state index contributed by atoms with van der Waals surface area (Å²) in [5, 5.41) is 3.09. The van der Waals surface area contributed by atoms with Crippen LogP contribution in [0.1, 0.15) is 11.5 Å². The fourth-order valence-corrected chi connectivity index (χ4v) is 1.72. The Morgan fingerprint density at radius 3 is 2.94 bits per heavy atom. The van der Waals surface area contributed by atoms with Crippen LogP contribution in [-0.4, -0.2) is 21.6 Å². The quantitative estimate of drug-likeness (QED) is 0.929. The Bertz CT molecular complexity index is 449. The second-order valence-corrected chi connectivity index (χ2v) is 4.39. The molecule has 2 heterocycles. The predicted octanol–water partition coefficient (Wildman–Crippen LogP) is 1.81. The zero-order valence-corrected chi connectivity index (χ0v) is 10.6. The van der Waals surface area contributed by atoms with Crippen LogP contribution in [0.2, 0.25) is 0 Å². The van der Waals surface area contributed by atoms with E-state index in [2.05, 4.69) is 35.8 Å². The van der Waals surface area contributed by atoms with Gasteiger partial charge in [-0.15, -0.1) is 0 Å². The van der Waals surface area contributed by atoms with Crippen LogP contribution in [0.3, 0.4) is 0 Å². The Morgan fingerprint density at radius 2 is 2.25 bits per heavy atom. The molecule has 0 bridgehead atoms. The lowest BCUT2D eigenvalue weighted by atomic mass is 10.3. The van der Waals surface area contributed by atoms with E-state index in [0.29, 0.717) is 0 Å². The molecule has 0 aliphatic carbocycles. The summed E-state index contributed by atoms with van der Waals surface area (Å²) in [5.74, 6) is 1.02. The van der Waals surface area contributed by atoms with Crippen molar-refractivity contribution in [3.05, 3.63) is 46.7 Å². The topological polar surface area (TPSA) is 42.7 Å². The molecule has 0 aliphatic rings. The normalized spacial score (nSPS) is 10.6. The highest BCUT2D eigenvalue weighted by atomic mass is 79.9. The first-order chi connectivity index (χ1) is 7.79. The molecule has 84 valence electrons. The van der Waals surface area contributed by atoms with E-state index in [9.17, 15) is 0 Å². The van der Waals surface area contributed by atoms with E-state index in [-0.39, 0.29) is 0 Å². The van der Waals surface area contributed by atoms with Gasteiger partial charge in [0.25, 0.3) is 0 Å². The second kappa shape index (κ2) is 5.23. The molecule has 0 aliphatic heterocycles. The summed E-state index contributed by atoms with van der Waals surface area (Å²) in [5.41, 5.74) is 1.03. The highest BCUT2D eigenvalue weighted by molar-refractivity contribution is 9.10. The third kappa shape index (κ3) is 2.68. The smallest absolute Gasteiger partial charge is 0.123 e. The van der Waals surface area contributed by atoms with E-state index < -0.39 is 0 Å². The summed E-state index contributed by atoms with van der Waals surface area (Å²) in [4.78, 5) is 8.62. The van der Waals surface area contributed by atoms with Crippen molar-refractivity contribution in [1.29, 1.82) is 0 Å². The van der Waals surface area contributed by atoms with Gasteiger partial charge in [0.2, 0.25) is 0 Å². The summed E-state index contributed by atoms with van der Waals surface area (Å²) in [7, 11) is 1.91. The molecule has 0 fully saturated rings.